The van der Waals surface area contributed by atoms with E-state index in [0.717, 1.165) is 23.7 Å². The molecule has 2 saturated heterocycles. The molecule has 0 spiro atoms. The van der Waals surface area contributed by atoms with E-state index in [4.69, 9.17) is 0 Å². The summed E-state index contributed by atoms with van der Waals surface area (Å²) in [5.74, 6) is 3.74. The van der Waals surface area contributed by atoms with Gasteiger partial charge in [-0.1, -0.05) is 74.3 Å². The Hall–Kier alpha value is -1.12. The number of hydrogen-bond donors (Lipinski definition) is 0. The van der Waals surface area contributed by atoms with Crippen molar-refractivity contribution in [3.05, 3.63) is 48.6 Å². The fourth-order valence-corrected chi connectivity index (χ4v) is 7.24. The highest BCUT2D eigenvalue weighted by Crippen LogP contribution is 2.40. The monoisotopic (exact) mass is 464 g/mol. The first-order chi connectivity index (χ1) is 16.9. The van der Waals surface area contributed by atoms with Crippen LogP contribution in [0.2, 0.25) is 0 Å². The molecule has 0 amide bonds. The van der Waals surface area contributed by atoms with Crippen LogP contribution >= 0.6 is 0 Å². The van der Waals surface area contributed by atoms with Gasteiger partial charge in [0.25, 0.3) is 0 Å². The minimum absolute atomic E-state index is 0.919. The second kappa shape index (κ2) is 15.1. The van der Waals surface area contributed by atoms with Gasteiger partial charge in [0.1, 0.15) is 0 Å². The third-order valence-electron chi connectivity index (χ3n) is 9.05. The van der Waals surface area contributed by atoms with Crippen LogP contribution in [0, 0.1) is 23.7 Å². The van der Waals surface area contributed by atoms with Crippen LogP contribution in [-0.2, 0) is 0 Å². The van der Waals surface area contributed by atoms with Gasteiger partial charge in [-0.25, -0.2) is 0 Å². The molecule has 0 aromatic rings. The predicted molar refractivity (Wildman–Crippen MR) is 148 cm³/mol. The lowest BCUT2D eigenvalue weighted by Gasteiger charge is -2.47. The zero-order valence-corrected chi connectivity index (χ0v) is 22.0. The summed E-state index contributed by atoms with van der Waals surface area (Å²) in [6.07, 6.45) is 38.0. The fourth-order valence-electron chi connectivity index (χ4n) is 7.24. The summed E-state index contributed by atoms with van der Waals surface area (Å²) in [7, 11) is 0. The van der Waals surface area contributed by atoms with Gasteiger partial charge in [-0.2, -0.15) is 0 Å². The predicted octanol–water partition coefficient (Wildman–Crippen LogP) is 7.80. The van der Waals surface area contributed by atoms with E-state index in [9.17, 15) is 0 Å². The van der Waals surface area contributed by atoms with E-state index in [1.54, 1.807) is 0 Å². The van der Waals surface area contributed by atoms with Crippen molar-refractivity contribution in [2.45, 2.75) is 89.9 Å². The second-order valence-electron chi connectivity index (χ2n) is 11.7. The Balaban J connectivity index is 1.49. The van der Waals surface area contributed by atoms with Crippen LogP contribution in [0.4, 0.5) is 0 Å². The van der Waals surface area contributed by atoms with E-state index in [1.165, 1.54) is 129 Å². The first-order valence-electron chi connectivity index (χ1n) is 15.0. The zero-order valence-electron chi connectivity index (χ0n) is 22.0. The second-order valence-corrected chi connectivity index (χ2v) is 11.7. The topological polar surface area (TPSA) is 6.48 Å². The molecule has 2 nitrogen and oxygen atoms in total. The van der Waals surface area contributed by atoms with Gasteiger partial charge in [-0.3, -0.25) is 0 Å². The van der Waals surface area contributed by atoms with Gasteiger partial charge in [0.2, 0.25) is 0 Å². The maximum atomic E-state index is 2.87. The van der Waals surface area contributed by atoms with Crippen LogP contribution in [0.3, 0.4) is 0 Å². The highest BCUT2D eigenvalue weighted by molar-refractivity contribution is 5.03. The van der Waals surface area contributed by atoms with Crippen molar-refractivity contribution < 1.29 is 0 Å². The van der Waals surface area contributed by atoms with Crippen molar-refractivity contribution in [1.82, 2.24) is 9.80 Å². The Morgan fingerprint density at radius 3 is 1.88 bits per heavy atom. The van der Waals surface area contributed by atoms with Crippen molar-refractivity contribution in [2.24, 2.45) is 23.7 Å². The van der Waals surface area contributed by atoms with Gasteiger partial charge < -0.3 is 9.80 Å². The average Bonchev–Trinajstić information content (AvgIpc) is 2.85. The highest BCUT2D eigenvalue weighted by Gasteiger charge is 2.38. The number of rotatable bonds is 0. The molecule has 34 heavy (non-hydrogen) atoms. The van der Waals surface area contributed by atoms with Crippen LogP contribution in [0.1, 0.15) is 89.9 Å². The van der Waals surface area contributed by atoms with E-state index in [1.807, 2.05) is 0 Å². The van der Waals surface area contributed by atoms with Gasteiger partial charge in [0.15, 0.2) is 0 Å². The molecular weight excluding hydrogens is 412 g/mol. The minimum atomic E-state index is 0.919. The molecule has 5 rings (SSSR count). The molecule has 0 aromatic heterocycles. The zero-order chi connectivity index (χ0) is 23.3. The Labute approximate surface area is 211 Å². The van der Waals surface area contributed by atoms with Crippen LogP contribution in [-0.4, -0.2) is 49.1 Å². The lowest BCUT2D eigenvalue weighted by atomic mass is 9.69. The average molecular weight is 465 g/mol. The van der Waals surface area contributed by atoms with E-state index in [0.29, 0.717) is 0 Å². The van der Waals surface area contributed by atoms with Gasteiger partial charge in [0.05, 0.1) is 0 Å². The highest BCUT2D eigenvalue weighted by atomic mass is 15.1. The summed E-state index contributed by atoms with van der Waals surface area (Å²) in [5, 5.41) is 0. The minimum Gasteiger partial charge on any atom is -0.303 e. The Morgan fingerprint density at radius 2 is 1.09 bits per heavy atom. The number of allylic oxidation sites excluding steroid dienone is 6. The number of fused-ring (bicyclic) bond motifs is 9. The molecule has 2 fully saturated rings. The van der Waals surface area contributed by atoms with E-state index >= 15 is 0 Å². The third-order valence-corrected chi connectivity index (χ3v) is 9.05. The summed E-state index contributed by atoms with van der Waals surface area (Å²) >= 11 is 0. The molecule has 2 heteroatoms. The van der Waals surface area contributed by atoms with Crippen molar-refractivity contribution in [1.29, 1.82) is 0 Å². The molecule has 190 valence electrons. The van der Waals surface area contributed by atoms with Crippen LogP contribution < -0.4 is 0 Å². The molecule has 0 N–H and O–H groups in total. The number of nitrogens with zero attached hydrogens (tertiary/aromatic N) is 2. The largest absolute Gasteiger partial charge is 0.303 e. The molecule has 6 bridgehead atoms. The van der Waals surface area contributed by atoms with Gasteiger partial charge in [-0.05, 0) is 94.4 Å². The number of hydrogen-bond acceptors (Lipinski definition) is 2. The number of piperidine rings is 2. The standard InChI is InChI=1S/C32H52N2/c1-2-5-10-14-18-23-34-26-29-19-15-11-7-4-6-9-13-17-22-33-24-21-32(31(25-29)28-34)30(27-33)20-16-12-8-3-1/h2,4-6,9-10,13-14,29-32H,1,3,7-8,11-12,15-28H2/b5-2-,6-4-,13-9+,14-10-/t29?,30-,31?,32-/m1/s1. The van der Waals surface area contributed by atoms with E-state index in [-0.39, 0.29) is 0 Å². The lowest BCUT2D eigenvalue weighted by molar-refractivity contribution is 0.0203. The third kappa shape index (κ3) is 8.83. The van der Waals surface area contributed by atoms with Gasteiger partial charge in [0, 0.05) is 32.7 Å². The normalized spacial score (nSPS) is 40.7. The van der Waals surface area contributed by atoms with Crippen molar-refractivity contribution in [3.8, 4) is 0 Å². The van der Waals surface area contributed by atoms with Gasteiger partial charge in [-0.15, -0.1) is 0 Å². The van der Waals surface area contributed by atoms with Crippen molar-refractivity contribution in [3.63, 3.8) is 0 Å². The summed E-state index contributed by atoms with van der Waals surface area (Å²) in [6, 6.07) is 0. The Morgan fingerprint density at radius 1 is 0.471 bits per heavy atom. The molecule has 5 aliphatic heterocycles. The molecule has 4 unspecified atom stereocenters. The van der Waals surface area contributed by atoms with Crippen LogP contribution in [0.15, 0.2) is 48.6 Å². The molecule has 6 atom stereocenters. The molecule has 5 aliphatic rings. The first kappa shape index (κ1) is 26.0. The first-order valence-corrected chi connectivity index (χ1v) is 15.0. The molecule has 5 heterocycles. The van der Waals surface area contributed by atoms with Crippen molar-refractivity contribution >= 4 is 0 Å². The van der Waals surface area contributed by atoms with Gasteiger partial charge >= 0.3 is 0 Å². The van der Waals surface area contributed by atoms with E-state index < -0.39 is 0 Å². The summed E-state index contributed by atoms with van der Waals surface area (Å²) in [4.78, 5) is 5.68. The SMILES string of the molecule is C1=C\CCCCCC[C@@H]2CN3CC/C=C/C=C\CCCCC4CC(CN(CC\C=C/1)C4)[C@@H]2CC3. The Kier molecular flexibility index (Phi) is 11.5. The fraction of sp³-hybridized carbons (Fsp3) is 0.750. The van der Waals surface area contributed by atoms with E-state index in [2.05, 4.69) is 58.4 Å². The van der Waals surface area contributed by atoms with Crippen LogP contribution in [0.5, 0.6) is 0 Å². The van der Waals surface area contributed by atoms with Crippen molar-refractivity contribution in [2.75, 3.05) is 39.3 Å². The summed E-state index contributed by atoms with van der Waals surface area (Å²) in [5.41, 5.74) is 0. The summed E-state index contributed by atoms with van der Waals surface area (Å²) in [6.45, 7) is 7.93. The molecule has 0 aromatic carbocycles. The maximum absolute atomic E-state index is 2.87. The van der Waals surface area contributed by atoms with Crippen LogP contribution in [0.25, 0.3) is 0 Å². The Bertz CT molecular complexity index is 674. The quantitative estimate of drug-likeness (QED) is 0.361. The molecule has 0 radical (unpaired) electrons. The summed E-state index contributed by atoms with van der Waals surface area (Å²) < 4.78 is 0. The molecule has 0 saturated carbocycles. The smallest absolute Gasteiger partial charge is 0.00162 e. The molecular formula is C32H52N2. The maximum Gasteiger partial charge on any atom is 0.00162 e. The lowest BCUT2D eigenvalue weighted by Crippen LogP contribution is -2.49. The molecule has 0 aliphatic carbocycles.